The Labute approximate surface area is 105 Å². The van der Waals surface area contributed by atoms with Gasteiger partial charge in [0.25, 0.3) is 5.91 Å². The number of hydrogen-bond acceptors (Lipinski definition) is 5. The van der Waals surface area contributed by atoms with E-state index in [0.29, 0.717) is 30.1 Å². The Balaban J connectivity index is 2.29. The number of benzene rings is 1. The molecule has 1 aliphatic heterocycles. The van der Waals surface area contributed by atoms with Crippen LogP contribution >= 0.6 is 0 Å². The fourth-order valence-corrected chi connectivity index (χ4v) is 1.80. The molecular weight excluding hydrogens is 232 g/mol. The highest BCUT2D eigenvalue weighted by Gasteiger charge is 2.19. The average molecular weight is 246 g/mol. The second kappa shape index (κ2) is 4.84. The van der Waals surface area contributed by atoms with E-state index in [1.165, 1.54) is 0 Å². The number of anilines is 3. The van der Waals surface area contributed by atoms with Crippen LogP contribution in [0.1, 0.15) is 6.42 Å². The molecular formula is C12H14N4O2. The first-order valence-corrected chi connectivity index (χ1v) is 5.56. The van der Waals surface area contributed by atoms with Crippen molar-refractivity contribution in [1.82, 2.24) is 0 Å². The molecule has 0 aromatic heterocycles. The Bertz CT molecular complexity index is 522. The molecule has 0 bridgehead atoms. The van der Waals surface area contributed by atoms with E-state index in [1.807, 2.05) is 11.9 Å². The van der Waals surface area contributed by atoms with Gasteiger partial charge in [0.15, 0.2) is 6.61 Å². The Kier molecular flexibility index (Phi) is 3.24. The van der Waals surface area contributed by atoms with Crippen LogP contribution in [0.25, 0.3) is 0 Å². The summed E-state index contributed by atoms with van der Waals surface area (Å²) in [5.74, 6) is 0.391. The zero-order valence-corrected chi connectivity index (χ0v) is 10.1. The first-order chi connectivity index (χ1) is 8.61. The van der Waals surface area contributed by atoms with Crippen molar-refractivity contribution in [3.8, 4) is 11.8 Å². The number of carbonyl (C=O) groups is 1. The maximum absolute atomic E-state index is 11.2. The summed E-state index contributed by atoms with van der Waals surface area (Å²) in [7, 11) is 1.85. The fraction of sp³-hybridized carbons (Fsp3) is 0.333. The molecule has 18 heavy (non-hydrogen) atoms. The SMILES string of the molecule is CN(CCC#N)c1cc2c(cc1N)OCC(=O)N2. The van der Waals surface area contributed by atoms with Crippen LogP contribution < -0.4 is 20.7 Å². The summed E-state index contributed by atoms with van der Waals surface area (Å²) in [6.45, 7) is 0.588. The first kappa shape index (κ1) is 12.0. The Morgan fingerprint density at radius 2 is 2.39 bits per heavy atom. The van der Waals surface area contributed by atoms with Crippen molar-refractivity contribution in [1.29, 1.82) is 5.26 Å². The van der Waals surface area contributed by atoms with Crippen molar-refractivity contribution in [3.05, 3.63) is 12.1 Å². The number of nitrogens with one attached hydrogen (secondary N) is 1. The monoisotopic (exact) mass is 246 g/mol. The van der Waals surface area contributed by atoms with Crippen LogP contribution in [0, 0.1) is 11.3 Å². The molecule has 0 radical (unpaired) electrons. The van der Waals surface area contributed by atoms with Crippen molar-refractivity contribution in [2.75, 3.05) is 36.1 Å². The lowest BCUT2D eigenvalue weighted by Gasteiger charge is -2.24. The van der Waals surface area contributed by atoms with Gasteiger partial charge in [-0.25, -0.2) is 0 Å². The standard InChI is InChI=1S/C12H14N4O2/c1-16(4-2-3-13)10-6-9-11(5-8(10)14)18-7-12(17)15-9/h5-6H,2,4,7,14H2,1H3,(H,15,17). The summed E-state index contributed by atoms with van der Waals surface area (Å²) >= 11 is 0. The quantitative estimate of drug-likeness (QED) is 0.775. The molecule has 3 N–H and O–H groups in total. The molecule has 1 amide bonds. The van der Waals surface area contributed by atoms with E-state index in [0.717, 1.165) is 5.69 Å². The highest BCUT2D eigenvalue weighted by atomic mass is 16.5. The van der Waals surface area contributed by atoms with Gasteiger partial charge >= 0.3 is 0 Å². The molecule has 6 nitrogen and oxygen atoms in total. The predicted octanol–water partition coefficient (Wildman–Crippen LogP) is 0.950. The minimum Gasteiger partial charge on any atom is -0.482 e. The molecule has 1 aromatic carbocycles. The molecule has 0 saturated carbocycles. The molecule has 1 aliphatic rings. The van der Waals surface area contributed by atoms with Crippen molar-refractivity contribution in [3.63, 3.8) is 0 Å². The van der Waals surface area contributed by atoms with Crippen molar-refractivity contribution in [2.24, 2.45) is 0 Å². The van der Waals surface area contributed by atoms with Crippen molar-refractivity contribution < 1.29 is 9.53 Å². The minimum absolute atomic E-state index is 0.00998. The van der Waals surface area contributed by atoms with Gasteiger partial charge in [-0.3, -0.25) is 4.79 Å². The van der Waals surface area contributed by atoms with Crippen LogP contribution in [-0.4, -0.2) is 26.1 Å². The van der Waals surface area contributed by atoms with Crippen LogP contribution in [0.15, 0.2) is 12.1 Å². The third-order valence-electron chi connectivity index (χ3n) is 2.73. The predicted molar refractivity (Wildman–Crippen MR) is 68.5 cm³/mol. The number of fused-ring (bicyclic) bond motifs is 1. The topological polar surface area (TPSA) is 91.4 Å². The molecule has 0 fully saturated rings. The molecule has 0 aliphatic carbocycles. The highest BCUT2D eigenvalue weighted by Crippen LogP contribution is 2.36. The van der Waals surface area contributed by atoms with Gasteiger partial charge < -0.3 is 20.7 Å². The van der Waals surface area contributed by atoms with E-state index in [9.17, 15) is 4.79 Å². The van der Waals surface area contributed by atoms with Crippen LogP contribution in [-0.2, 0) is 4.79 Å². The molecule has 0 spiro atoms. The van der Waals surface area contributed by atoms with E-state index in [-0.39, 0.29) is 12.5 Å². The maximum atomic E-state index is 11.2. The molecule has 94 valence electrons. The van der Waals surface area contributed by atoms with Gasteiger partial charge in [-0.15, -0.1) is 0 Å². The highest BCUT2D eigenvalue weighted by molar-refractivity contribution is 5.97. The Morgan fingerprint density at radius 3 is 3.11 bits per heavy atom. The van der Waals surface area contributed by atoms with Crippen LogP contribution in [0.2, 0.25) is 0 Å². The summed E-state index contributed by atoms with van der Waals surface area (Å²) in [6.07, 6.45) is 0.413. The number of nitrogens with zero attached hydrogens (tertiary/aromatic N) is 2. The van der Waals surface area contributed by atoms with Crippen molar-refractivity contribution >= 4 is 23.0 Å². The third-order valence-corrected chi connectivity index (χ3v) is 2.73. The first-order valence-electron chi connectivity index (χ1n) is 5.56. The maximum Gasteiger partial charge on any atom is 0.262 e. The second-order valence-corrected chi connectivity index (χ2v) is 4.07. The molecule has 0 unspecified atom stereocenters. The van der Waals surface area contributed by atoms with Gasteiger partial charge in [-0.2, -0.15) is 5.26 Å². The molecule has 2 rings (SSSR count). The third kappa shape index (κ3) is 2.30. The number of rotatable bonds is 3. The van der Waals surface area contributed by atoms with E-state index in [1.54, 1.807) is 12.1 Å². The van der Waals surface area contributed by atoms with Gasteiger partial charge in [0.1, 0.15) is 5.75 Å². The molecule has 0 atom stereocenters. The average Bonchev–Trinajstić information content (AvgIpc) is 2.35. The molecule has 1 heterocycles. The molecule has 0 saturated heterocycles. The second-order valence-electron chi connectivity index (χ2n) is 4.07. The largest absolute Gasteiger partial charge is 0.482 e. The lowest BCUT2D eigenvalue weighted by Crippen LogP contribution is -2.26. The zero-order valence-electron chi connectivity index (χ0n) is 10.1. The van der Waals surface area contributed by atoms with Gasteiger partial charge in [-0.1, -0.05) is 0 Å². The number of amides is 1. The summed E-state index contributed by atoms with van der Waals surface area (Å²) in [6, 6.07) is 5.53. The summed E-state index contributed by atoms with van der Waals surface area (Å²) < 4.78 is 5.27. The van der Waals surface area contributed by atoms with Gasteiger partial charge in [0, 0.05) is 19.7 Å². The van der Waals surface area contributed by atoms with Gasteiger partial charge in [0.2, 0.25) is 0 Å². The number of ether oxygens (including phenoxy) is 1. The summed E-state index contributed by atoms with van der Waals surface area (Å²) in [4.78, 5) is 13.1. The van der Waals surface area contributed by atoms with E-state index >= 15 is 0 Å². The van der Waals surface area contributed by atoms with Crippen LogP contribution in [0.4, 0.5) is 17.1 Å². The van der Waals surface area contributed by atoms with Gasteiger partial charge in [-0.05, 0) is 6.07 Å². The van der Waals surface area contributed by atoms with Crippen LogP contribution in [0.3, 0.4) is 0 Å². The number of nitrogens with two attached hydrogens (primary N) is 1. The molecule has 6 heteroatoms. The Hall–Kier alpha value is -2.42. The number of nitriles is 1. The van der Waals surface area contributed by atoms with E-state index in [2.05, 4.69) is 11.4 Å². The van der Waals surface area contributed by atoms with E-state index in [4.69, 9.17) is 15.7 Å². The molecule has 1 aromatic rings. The summed E-state index contributed by atoms with van der Waals surface area (Å²) in [5, 5.41) is 11.3. The lowest BCUT2D eigenvalue weighted by molar-refractivity contribution is -0.118. The smallest absolute Gasteiger partial charge is 0.262 e. The van der Waals surface area contributed by atoms with Gasteiger partial charge in [0.05, 0.1) is 29.6 Å². The lowest BCUT2D eigenvalue weighted by atomic mass is 10.2. The van der Waals surface area contributed by atoms with E-state index < -0.39 is 0 Å². The Morgan fingerprint density at radius 1 is 1.61 bits per heavy atom. The van der Waals surface area contributed by atoms with Crippen LogP contribution in [0.5, 0.6) is 5.75 Å². The zero-order chi connectivity index (χ0) is 13.1. The normalized spacial score (nSPS) is 13.0. The minimum atomic E-state index is -0.183. The summed E-state index contributed by atoms with van der Waals surface area (Å²) in [5.41, 5.74) is 7.88. The fourth-order valence-electron chi connectivity index (χ4n) is 1.80. The number of carbonyl (C=O) groups excluding carboxylic acids is 1. The number of nitrogen functional groups attached to an aromatic ring is 1. The number of hydrogen-bond donors (Lipinski definition) is 2. The van der Waals surface area contributed by atoms with Crippen molar-refractivity contribution in [2.45, 2.75) is 6.42 Å².